The van der Waals surface area contributed by atoms with Crippen LogP contribution in [0, 0.1) is 12.7 Å². The van der Waals surface area contributed by atoms with Crippen LogP contribution in [0.3, 0.4) is 0 Å². The number of amides is 1. The number of hydrogen-bond donors (Lipinski definition) is 1. The number of benzene rings is 2. The van der Waals surface area contributed by atoms with E-state index >= 15 is 0 Å². The lowest BCUT2D eigenvalue weighted by Gasteiger charge is -2.17. The zero-order valence-corrected chi connectivity index (χ0v) is 19.3. The predicted molar refractivity (Wildman–Crippen MR) is 118 cm³/mol. The standard InChI is InChI=1S/C21H25FN2O5S2/c1-14-5-10-18(31(27,28)24(3)4)13-19(14)23-21(26)15(2)29-20(25)11-12-30-17-8-6-16(22)7-9-17/h5-10,13,15H,11-12H2,1-4H3,(H,23,26). The first kappa shape index (κ1) is 24.8. The number of nitrogens with zero attached hydrogens (tertiary/aromatic N) is 1. The number of hydrogen-bond acceptors (Lipinski definition) is 6. The maximum atomic E-state index is 12.9. The highest BCUT2D eigenvalue weighted by atomic mass is 32.2. The lowest BCUT2D eigenvalue weighted by molar-refractivity contribution is -0.152. The third kappa shape index (κ3) is 7.05. The summed E-state index contributed by atoms with van der Waals surface area (Å²) in [4.78, 5) is 25.3. The van der Waals surface area contributed by atoms with Crippen LogP contribution in [0.1, 0.15) is 18.9 Å². The Bertz CT molecular complexity index is 1040. The molecule has 31 heavy (non-hydrogen) atoms. The summed E-state index contributed by atoms with van der Waals surface area (Å²) in [6, 6.07) is 10.3. The largest absolute Gasteiger partial charge is 0.453 e. The molecule has 2 aromatic carbocycles. The summed E-state index contributed by atoms with van der Waals surface area (Å²) in [5.41, 5.74) is 0.989. The summed E-state index contributed by atoms with van der Waals surface area (Å²) >= 11 is 1.37. The van der Waals surface area contributed by atoms with E-state index < -0.39 is 28.0 Å². The number of carbonyl (C=O) groups is 2. The third-order valence-corrected chi connectivity index (χ3v) is 7.14. The smallest absolute Gasteiger partial charge is 0.307 e. The van der Waals surface area contributed by atoms with Crippen LogP contribution in [0.25, 0.3) is 0 Å². The Morgan fingerprint density at radius 1 is 1.16 bits per heavy atom. The third-order valence-electron chi connectivity index (χ3n) is 4.31. The number of ether oxygens (including phenoxy) is 1. The number of sulfonamides is 1. The molecule has 0 aromatic heterocycles. The number of carbonyl (C=O) groups excluding carboxylic acids is 2. The fourth-order valence-electron chi connectivity index (χ4n) is 2.43. The summed E-state index contributed by atoms with van der Waals surface area (Å²) in [6.45, 7) is 3.17. The molecule has 0 aliphatic heterocycles. The first-order valence-electron chi connectivity index (χ1n) is 9.42. The lowest BCUT2D eigenvalue weighted by atomic mass is 10.2. The second-order valence-corrected chi connectivity index (χ2v) is 10.3. The molecule has 1 atom stereocenters. The summed E-state index contributed by atoms with van der Waals surface area (Å²) in [6.07, 6.45) is -0.980. The summed E-state index contributed by atoms with van der Waals surface area (Å²) in [5.74, 6) is -1.02. The van der Waals surface area contributed by atoms with Crippen LogP contribution in [0.2, 0.25) is 0 Å². The van der Waals surface area contributed by atoms with E-state index in [-0.39, 0.29) is 17.1 Å². The van der Waals surface area contributed by atoms with Crippen LogP contribution < -0.4 is 5.32 Å². The van der Waals surface area contributed by atoms with E-state index in [1.165, 1.54) is 57.0 Å². The quantitative estimate of drug-likeness (QED) is 0.448. The van der Waals surface area contributed by atoms with Gasteiger partial charge in [-0.3, -0.25) is 9.59 Å². The number of nitrogens with one attached hydrogen (secondary N) is 1. The monoisotopic (exact) mass is 468 g/mol. The van der Waals surface area contributed by atoms with Gasteiger partial charge in [0.15, 0.2) is 6.10 Å². The molecular weight excluding hydrogens is 443 g/mol. The van der Waals surface area contributed by atoms with E-state index in [1.54, 1.807) is 25.1 Å². The van der Waals surface area contributed by atoms with Gasteiger partial charge in [0.05, 0.1) is 11.3 Å². The molecule has 1 N–H and O–H groups in total. The Morgan fingerprint density at radius 3 is 2.42 bits per heavy atom. The van der Waals surface area contributed by atoms with Crippen molar-refractivity contribution in [2.75, 3.05) is 25.2 Å². The van der Waals surface area contributed by atoms with Crippen molar-refractivity contribution in [2.45, 2.75) is 36.2 Å². The molecule has 0 spiro atoms. The average Bonchev–Trinajstić information content (AvgIpc) is 2.70. The molecule has 2 rings (SSSR count). The van der Waals surface area contributed by atoms with Crippen LogP contribution in [0.5, 0.6) is 0 Å². The normalized spacial score (nSPS) is 12.5. The Hall–Kier alpha value is -2.43. The van der Waals surface area contributed by atoms with Gasteiger partial charge in [-0.2, -0.15) is 0 Å². The Morgan fingerprint density at radius 2 is 1.81 bits per heavy atom. The van der Waals surface area contributed by atoms with Gasteiger partial charge in [-0.05, 0) is 55.8 Å². The van der Waals surface area contributed by atoms with Gasteiger partial charge >= 0.3 is 5.97 Å². The SMILES string of the molecule is Cc1ccc(S(=O)(=O)N(C)C)cc1NC(=O)C(C)OC(=O)CCSc1ccc(F)cc1. The molecule has 168 valence electrons. The first-order valence-corrected chi connectivity index (χ1v) is 11.8. The minimum absolute atomic E-state index is 0.0425. The summed E-state index contributed by atoms with van der Waals surface area (Å²) < 4.78 is 43.8. The van der Waals surface area contributed by atoms with Crippen LogP contribution in [0.4, 0.5) is 10.1 Å². The average molecular weight is 469 g/mol. The number of rotatable bonds is 9. The van der Waals surface area contributed by atoms with Gasteiger partial charge in [-0.25, -0.2) is 17.1 Å². The summed E-state index contributed by atoms with van der Waals surface area (Å²) in [7, 11) is -0.813. The van der Waals surface area contributed by atoms with E-state index in [9.17, 15) is 22.4 Å². The first-order chi connectivity index (χ1) is 14.5. The second kappa shape index (κ2) is 10.7. The van der Waals surface area contributed by atoms with Gasteiger partial charge in [0.25, 0.3) is 5.91 Å². The second-order valence-electron chi connectivity index (χ2n) is 6.94. The molecule has 0 saturated carbocycles. The highest BCUT2D eigenvalue weighted by Gasteiger charge is 2.21. The van der Waals surface area contributed by atoms with Crippen LogP contribution in [-0.4, -0.2) is 50.6 Å². The lowest BCUT2D eigenvalue weighted by Crippen LogP contribution is -2.30. The maximum absolute atomic E-state index is 12.9. The number of esters is 1. The molecule has 10 heteroatoms. The molecule has 0 saturated heterocycles. The minimum Gasteiger partial charge on any atom is -0.453 e. The highest BCUT2D eigenvalue weighted by Crippen LogP contribution is 2.23. The molecule has 7 nitrogen and oxygen atoms in total. The van der Waals surface area contributed by atoms with Gasteiger partial charge in [-0.1, -0.05) is 6.07 Å². The van der Waals surface area contributed by atoms with Crippen molar-refractivity contribution in [3.63, 3.8) is 0 Å². The van der Waals surface area contributed by atoms with Crippen molar-refractivity contribution in [1.82, 2.24) is 4.31 Å². The molecule has 1 unspecified atom stereocenters. The van der Waals surface area contributed by atoms with Gasteiger partial charge in [0.2, 0.25) is 10.0 Å². The van der Waals surface area contributed by atoms with Gasteiger partial charge in [0.1, 0.15) is 5.82 Å². The van der Waals surface area contributed by atoms with Gasteiger partial charge in [0, 0.05) is 30.4 Å². The van der Waals surface area contributed by atoms with Crippen molar-refractivity contribution in [3.8, 4) is 0 Å². The molecule has 0 bridgehead atoms. The van der Waals surface area contributed by atoms with E-state index in [0.717, 1.165) is 9.20 Å². The molecule has 0 aliphatic carbocycles. The van der Waals surface area contributed by atoms with Gasteiger partial charge in [-0.15, -0.1) is 11.8 Å². The van der Waals surface area contributed by atoms with Crippen molar-refractivity contribution in [1.29, 1.82) is 0 Å². The molecular formula is C21H25FN2O5S2. The Balaban J connectivity index is 1.91. The van der Waals surface area contributed by atoms with Crippen molar-refractivity contribution in [3.05, 3.63) is 53.8 Å². The number of aryl methyl sites for hydroxylation is 1. The molecule has 0 fully saturated rings. The van der Waals surface area contributed by atoms with E-state index in [0.29, 0.717) is 17.0 Å². The van der Waals surface area contributed by atoms with E-state index in [1.807, 2.05) is 0 Å². The summed E-state index contributed by atoms with van der Waals surface area (Å²) in [5, 5.41) is 2.61. The molecule has 0 aliphatic rings. The zero-order chi connectivity index (χ0) is 23.2. The maximum Gasteiger partial charge on any atom is 0.307 e. The number of halogens is 1. The molecule has 2 aromatic rings. The molecule has 0 radical (unpaired) electrons. The van der Waals surface area contributed by atoms with E-state index in [2.05, 4.69) is 5.32 Å². The van der Waals surface area contributed by atoms with Crippen LogP contribution in [0.15, 0.2) is 52.3 Å². The van der Waals surface area contributed by atoms with Crippen molar-refractivity contribution < 1.29 is 27.1 Å². The van der Waals surface area contributed by atoms with E-state index in [4.69, 9.17) is 4.74 Å². The molecule has 1 amide bonds. The van der Waals surface area contributed by atoms with Crippen molar-refractivity contribution in [2.24, 2.45) is 0 Å². The zero-order valence-electron chi connectivity index (χ0n) is 17.7. The molecule has 0 heterocycles. The highest BCUT2D eigenvalue weighted by molar-refractivity contribution is 7.99. The minimum atomic E-state index is -3.65. The number of anilines is 1. The number of thioether (sulfide) groups is 1. The van der Waals surface area contributed by atoms with Crippen LogP contribution >= 0.6 is 11.8 Å². The van der Waals surface area contributed by atoms with Crippen molar-refractivity contribution >= 4 is 39.3 Å². The Kier molecular flexibility index (Phi) is 8.60. The van der Waals surface area contributed by atoms with Crippen LogP contribution in [-0.2, 0) is 24.3 Å². The fourth-order valence-corrected chi connectivity index (χ4v) is 4.20. The topological polar surface area (TPSA) is 92.8 Å². The Labute approximate surface area is 186 Å². The fraction of sp³-hybridized carbons (Fsp3) is 0.333. The predicted octanol–water partition coefficient (Wildman–Crippen LogP) is 3.44. The van der Waals surface area contributed by atoms with Gasteiger partial charge < -0.3 is 10.1 Å².